The zero-order valence-electron chi connectivity index (χ0n) is 12.2. The third-order valence-electron chi connectivity index (χ3n) is 3.20. The largest absolute Gasteiger partial charge is 0.346 e. The van der Waals surface area contributed by atoms with Crippen LogP contribution in [0.1, 0.15) is 28.5 Å². The Morgan fingerprint density at radius 2 is 2.23 bits per heavy atom. The third kappa shape index (κ3) is 3.43. The number of nitrogens with one attached hydrogen (secondary N) is 1. The molecule has 8 heteroatoms. The Hall–Kier alpha value is -2.41. The van der Waals surface area contributed by atoms with E-state index in [0.29, 0.717) is 22.8 Å². The zero-order chi connectivity index (χ0) is 16.3. The minimum Gasteiger partial charge on any atom is -0.346 e. The maximum Gasteiger partial charge on any atom is 0.273 e. The number of aromatic nitrogens is 2. The molecule has 1 N–H and O–H groups in total. The number of hydrogen-bond donors (Lipinski definition) is 1. The van der Waals surface area contributed by atoms with E-state index in [1.54, 1.807) is 29.9 Å². The summed E-state index contributed by atoms with van der Waals surface area (Å²) in [6.45, 7) is 4.39. The number of aryl methyl sites for hydroxylation is 2. The Balaban J connectivity index is 2.10. The van der Waals surface area contributed by atoms with Crippen molar-refractivity contribution in [1.29, 1.82) is 0 Å². The van der Waals surface area contributed by atoms with Crippen LogP contribution in [-0.2, 0) is 13.1 Å². The standard InChI is InChI=1S/C14H15ClN4O3/c1-3-18-8-11(15)12(17-18)7-16-14(20)10-5-4-9(2)13(6-10)19(21)22/h4-6,8H,3,7H2,1-2H3,(H,16,20). The van der Waals surface area contributed by atoms with Crippen molar-refractivity contribution >= 4 is 23.2 Å². The highest BCUT2D eigenvalue weighted by atomic mass is 35.5. The fraction of sp³-hybridized carbons (Fsp3) is 0.286. The van der Waals surface area contributed by atoms with Crippen LogP contribution in [0, 0.1) is 17.0 Å². The molecule has 0 saturated carbocycles. The summed E-state index contributed by atoms with van der Waals surface area (Å²) in [6, 6.07) is 4.35. The van der Waals surface area contributed by atoms with Crippen molar-refractivity contribution < 1.29 is 9.72 Å². The number of benzene rings is 1. The van der Waals surface area contributed by atoms with E-state index in [-0.39, 0.29) is 17.8 Å². The molecule has 1 amide bonds. The average Bonchev–Trinajstić information content (AvgIpc) is 2.85. The highest BCUT2D eigenvalue weighted by Crippen LogP contribution is 2.19. The van der Waals surface area contributed by atoms with Gasteiger partial charge in [0.05, 0.1) is 16.5 Å². The van der Waals surface area contributed by atoms with E-state index in [1.165, 1.54) is 6.07 Å². The van der Waals surface area contributed by atoms with Crippen LogP contribution < -0.4 is 5.32 Å². The van der Waals surface area contributed by atoms with Gasteiger partial charge in [0.2, 0.25) is 0 Å². The molecule has 116 valence electrons. The number of carbonyl (C=O) groups excluding carboxylic acids is 1. The quantitative estimate of drug-likeness (QED) is 0.677. The second-order valence-electron chi connectivity index (χ2n) is 4.72. The lowest BCUT2D eigenvalue weighted by Crippen LogP contribution is -2.23. The molecule has 0 radical (unpaired) electrons. The predicted octanol–water partition coefficient (Wildman–Crippen LogP) is 2.70. The molecule has 0 aliphatic carbocycles. The second-order valence-corrected chi connectivity index (χ2v) is 5.13. The molecule has 1 heterocycles. The minimum absolute atomic E-state index is 0.0825. The molecule has 0 atom stereocenters. The smallest absolute Gasteiger partial charge is 0.273 e. The third-order valence-corrected chi connectivity index (χ3v) is 3.51. The van der Waals surface area contributed by atoms with Crippen LogP contribution in [0.25, 0.3) is 0 Å². The lowest BCUT2D eigenvalue weighted by atomic mass is 10.1. The van der Waals surface area contributed by atoms with Gasteiger partial charge in [-0.05, 0) is 19.9 Å². The lowest BCUT2D eigenvalue weighted by Gasteiger charge is -2.05. The Bertz CT molecular complexity index is 727. The maximum atomic E-state index is 12.1. The van der Waals surface area contributed by atoms with Gasteiger partial charge in [-0.2, -0.15) is 5.10 Å². The van der Waals surface area contributed by atoms with Crippen LogP contribution in [0.2, 0.25) is 5.02 Å². The molecule has 1 aromatic carbocycles. The van der Waals surface area contributed by atoms with E-state index < -0.39 is 10.8 Å². The van der Waals surface area contributed by atoms with E-state index in [9.17, 15) is 14.9 Å². The molecule has 2 aromatic rings. The second kappa shape index (κ2) is 6.57. The number of rotatable bonds is 5. The molecule has 0 aliphatic heterocycles. The highest BCUT2D eigenvalue weighted by molar-refractivity contribution is 6.31. The van der Waals surface area contributed by atoms with Crippen LogP contribution in [0.4, 0.5) is 5.69 Å². The number of nitro benzene ring substituents is 1. The van der Waals surface area contributed by atoms with Gasteiger partial charge in [0.1, 0.15) is 5.69 Å². The first-order valence-corrected chi connectivity index (χ1v) is 7.05. The van der Waals surface area contributed by atoms with E-state index in [1.807, 2.05) is 6.92 Å². The van der Waals surface area contributed by atoms with Gasteiger partial charge < -0.3 is 5.32 Å². The van der Waals surface area contributed by atoms with E-state index in [4.69, 9.17) is 11.6 Å². The van der Waals surface area contributed by atoms with Crippen LogP contribution >= 0.6 is 11.6 Å². The van der Waals surface area contributed by atoms with Gasteiger partial charge in [-0.25, -0.2) is 0 Å². The van der Waals surface area contributed by atoms with E-state index in [2.05, 4.69) is 10.4 Å². The average molecular weight is 323 g/mol. The van der Waals surface area contributed by atoms with Gasteiger partial charge in [0.15, 0.2) is 0 Å². The van der Waals surface area contributed by atoms with Crippen LogP contribution in [-0.4, -0.2) is 20.6 Å². The molecule has 0 unspecified atom stereocenters. The summed E-state index contributed by atoms with van der Waals surface area (Å²) in [7, 11) is 0. The van der Waals surface area contributed by atoms with Crippen molar-refractivity contribution in [1.82, 2.24) is 15.1 Å². The van der Waals surface area contributed by atoms with E-state index in [0.717, 1.165) is 0 Å². The van der Waals surface area contributed by atoms with Gasteiger partial charge in [0, 0.05) is 29.9 Å². The lowest BCUT2D eigenvalue weighted by molar-refractivity contribution is -0.385. The number of hydrogen-bond acceptors (Lipinski definition) is 4. The number of amides is 1. The number of nitro groups is 1. The summed E-state index contributed by atoms with van der Waals surface area (Å²) in [5.74, 6) is -0.412. The van der Waals surface area contributed by atoms with Gasteiger partial charge in [0.25, 0.3) is 11.6 Å². The molecular formula is C14H15ClN4O3. The van der Waals surface area contributed by atoms with Crippen molar-refractivity contribution in [3.05, 3.63) is 56.4 Å². The molecule has 0 spiro atoms. The number of carbonyl (C=O) groups is 1. The van der Waals surface area contributed by atoms with Crippen molar-refractivity contribution in [3.8, 4) is 0 Å². The summed E-state index contributed by atoms with van der Waals surface area (Å²) in [4.78, 5) is 22.5. The first-order chi connectivity index (χ1) is 10.4. The summed E-state index contributed by atoms with van der Waals surface area (Å²) in [6.07, 6.45) is 1.68. The van der Waals surface area contributed by atoms with Crippen LogP contribution in [0.3, 0.4) is 0 Å². The normalized spacial score (nSPS) is 10.5. The first kappa shape index (κ1) is 16.0. The SMILES string of the molecule is CCn1cc(Cl)c(CNC(=O)c2ccc(C)c([N+](=O)[O-])c2)n1. The van der Waals surface area contributed by atoms with Gasteiger partial charge in [-0.15, -0.1) is 0 Å². The van der Waals surface area contributed by atoms with Crippen molar-refractivity contribution in [3.63, 3.8) is 0 Å². The molecule has 7 nitrogen and oxygen atoms in total. The number of halogens is 1. The Morgan fingerprint density at radius 3 is 2.82 bits per heavy atom. The van der Waals surface area contributed by atoms with Crippen molar-refractivity contribution in [2.45, 2.75) is 26.9 Å². The highest BCUT2D eigenvalue weighted by Gasteiger charge is 2.15. The molecule has 0 fully saturated rings. The molecule has 2 rings (SSSR count). The summed E-state index contributed by atoms with van der Waals surface area (Å²) in [5.41, 5.74) is 1.20. The number of nitrogens with zero attached hydrogens (tertiary/aromatic N) is 3. The van der Waals surface area contributed by atoms with Gasteiger partial charge >= 0.3 is 0 Å². The maximum absolute atomic E-state index is 12.1. The zero-order valence-corrected chi connectivity index (χ0v) is 12.9. The molecule has 22 heavy (non-hydrogen) atoms. The van der Waals surface area contributed by atoms with Crippen LogP contribution in [0.15, 0.2) is 24.4 Å². The molecular weight excluding hydrogens is 308 g/mol. The van der Waals surface area contributed by atoms with Gasteiger partial charge in [-0.1, -0.05) is 17.7 Å². The fourth-order valence-corrected chi connectivity index (χ4v) is 2.15. The monoisotopic (exact) mass is 322 g/mol. The summed E-state index contributed by atoms with van der Waals surface area (Å²) in [5, 5.41) is 18.2. The van der Waals surface area contributed by atoms with Crippen molar-refractivity contribution in [2.24, 2.45) is 0 Å². The Labute approximate surface area is 132 Å². The Kier molecular flexibility index (Phi) is 4.77. The summed E-state index contributed by atoms with van der Waals surface area (Å²) >= 11 is 6.02. The van der Waals surface area contributed by atoms with E-state index >= 15 is 0 Å². The Morgan fingerprint density at radius 1 is 1.50 bits per heavy atom. The molecule has 0 saturated heterocycles. The first-order valence-electron chi connectivity index (χ1n) is 6.67. The van der Waals surface area contributed by atoms with Gasteiger partial charge in [-0.3, -0.25) is 19.6 Å². The minimum atomic E-state index is -0.508. The molecule has 1 aromatic heterocycles. The van der Waals surface area contributed by atoms with Crippen LogP contribution in [0.5, 0.6) is 0 Å². The predicted molar refractivity (Wildman–Crippen MR) is 81.9 cm³/mol. The fourth-order valence-electron chi connectivity index (χ4n) is 1.93. The van der Waals surface area contributed by atoms with Crippen molar-refractivity contribution in [2.75, 3.05) is 0 Å². The summed E-state index contributed by atoms with van der Waals surface area (Å²) < 4.78 is 1.67. The topological polar surface area (TPSA) is 90.1 Å². The molecule has 0 bridgehead atoms. The molecule has 0 aliphatic rings.